The van der Waals surface area contributed by atoms with E-state index in [1.165, 1.54) is 12.1 Å². The molecule has 0 aliphatic carbocycles. The third-order valence-electron chi connectivity index (χ3n) is 2.89. The predicted molar refractivity (Wildman–Crippen MR) is 75.5 cm³/mol. The summed E-state index contributed by atoms with van der Waals surface area (Å²) in [5.74, 6) is -0.730. The second-order valence-electron chi connectivity index (χ2n) is 4.26. The van der Waals surface area contributed by atoms with E-state index < -0.39 is 5.82 Å². The predicted octanol–water partition coefficient (Wildman–Crippen LogP) is 2.59. The fraction of sp³-hybridized carbons (Fsp3) is 0.462. The van der Waals surface area contributed by atoms with Crippen molar-refractivity contribution in [2.75, 3.05) is 18.5 Å². The Morgan fingerprint density at radius 1 is 1.56 bits per heavy atom. The van der Waals surface area contributed by atoms with E-state index >= 15 is 0 Å². The largest absolute Gasteiger partial charge is 0.398 e. The average molecular weight is 270 g/mol. The smallest absolute Gasteiger partial charge is 0.251 e. The highest BCUT2D eigenvalue weighted by molar-refractivity contribution is 7.99. The number of amides is 1. The summed E-state index contributed by atoms with van der Waals surface area (Å²) in [5, 5.41) is 3.25. The fourth-order valence-electron chi connectivity index (χ4n) is 1.44. The maximum absolute atomic E-state index is 13.4. The molecule has 1 atom stereocenters. The third-order valence-corrected chi connectivity index (χ3v) is 3.93. The molecule has 0 saturated carbocycles. The van der Waals surface area contributed by atoms with Crippen LogP contribution in [-0.4, -0.2) is 24.0 Å². The minimum Gasteiger partial charge on any atom is -0.398 e. The van der Waals surface area contributed by atoms with Crippen molar-refractivity contribution >= 4 is 23.4 Å². The van der Waals surface area contributed by atoms with E-state index in [2.05, 4.69) is 12.2 Å². The molecule has 0 aromatic heterocycles. The maximum Gasteiger partial charge on any atom is 0.251 e. The van der Waals surface area contributed by atoms with Gasteiger partial charge in [0.25, 0.3) is 5.91 Å². The molecule has 3 N–H and O–H groups in total. The van der Waals surface area contributed by atoms with E-state index in [0.29, 0.717) is 23.0 Å². The molecule has 1 aromatic rings. The van der Waals surface area contributed by atoms with Gasteiger partial charge >= 0.3 is 0 Å². The maximum atomic E-state index is 13.4. The van der Waals surface area contributed by atoms with Crippen molar-refractivity contribution in [2.45, 2.75) is 25.5 Å². The average Bonchev–Trinajstić information content (AvgIpc) is 2.34. The van der Waals surface area contributed by atoms with Crippen LogP contribution in [0.25, 0.3) is 0 Å². The molecule has 100 valence electrons. The standard InChI is InChI=1S/C13H19FN2OS/c1-8(18-3)4-5-16-13(17)10-6-11(14)9(2)12(15)7-10/h6-8H,4-5,15H2,1-3H3,(H,16,17). The summed E-state index contributed by atoms with van der Waals surface area (Å²) in [6.45, 7) is 4.27. The summed E-state index contributed by atoms with van der Waals surface area (Å²) in [4.78, 5) is 11.8. The number of thioether (sulfide) groups is 1. The monoisotopic (exact) mass is 270 g/mol. The van der Waals surface area contributed by atoms with Crippen LogP contribution in [0, 0.1) is 12.7 Å². The number of hydrogen-bond acceptors (Lipinski definition) is 3. The molecule has 0 radical (unpaired) electrons. The first-order chi connectivity index (χ1) is 8.45. The Balaban J connectivity index is 2.62. The van der Waals surface area contributed by atoms with E-state index in [9.17, 15) is 9.18 Å². The van der Waals surface area contributed by atoms with Gasteiger partial charge in [0.1, 0.15) is 5.82 Å². The van der Waals surface area contributed by atoms with Gasteiger partial charge in [-0.25, -0.2) is 4.39 Å². The molecule has 1 unspecified atom stereocenters. The first-order valence-electron chi connectivity index (χ1n) is 5.82. The van der Waals surface area contributed by atoms with E-state index in [-0.39, 0.29) is 11.5 Å². The van der Waals surface area contributed by atoms with Crippen LogP contribution in [0.5, 0.6) is 0 Å². The fourth-order valence-corrected chi connectivity index (χ4v) is 1.79. The molecule has 1 amide bonds. The van der Waals surface area contributed by atoms with E-state index in [4.69, 9.17) is 5.73 Å². The van der Waals surface area contributed by atoms with Crippen molar-refractivity contribution in [2.24, 2.45) is 0 Å². The first kappa shape index (κ1) is 14.8. The van der Waals surface area contributed by atoms with Gasteiger partial charge in [-0.2, -0.15) is 11.8 Å². The van der Waals surface area contributed by atoms with Gasteiger partial charge in [0, 0.05) is 28.6 Å². The SMILES string of the molecule is CSC(C)CCNC(=O)c1cc(N)c(C)c(F)c1. The van der Waals surface area contributed by atoms with Gasteiger partial charge in [-0.1, -0.05) is 6.92 Å². The van der Waals surface area contributed by atoms with Crippen LogP contribution in [0.15, 0.2) is 12.1 Å². The number of nitrogen functional groups attached to an aromatic ring is 1. The van der Waals surface area contributed by atoms with Crippen LogP contribution in [0.3, 0.4) is 0 Å². The van der Waals surface area contributed by atoms with Gasteiger partial charge in [0.05, 0.1) is 0 Å². The lowest BCUT2D eigenvalue weighted by atomic mass is 10.1. The number of hydrogen-bond donors (Lipinski definition) is 2. The number of anilines is 1. The minimum atomic E-state index is -0.447. The number of benzene rings is 1. The summed E-state index contributed by atoms with van der Waals surface area (Å²) in [6.07, 6.45) is 2.92. The van der Waals surface area contributed by atoms with Crippen molar-refractivity contribution < 1.29 is 9.18 Å². The minimum absolute atomic E-state index is 0.271. The Labute approximate surface area is 111 Å². The van der Waals surface area contributed by atoms with Crippen LogP contribution in [0.1, 0.15) is 29.3 Å². The lowest BCUT2D eigenvalue weighted by Crippen LogP contribution is -2.26. The molecule has 5 heteroatoms. The van der Waals surface area contributed by atoms with Crippen LogP contribution in [0.4, 0.5) is 10.1 Å². The highest BCUT2D eigenvalue weighted by atomic mass is 32.2. The molecule has 0 heterocycles. The zero-order valence-electron chi connectivity index (χ0n) is 10.9. The third kappa shape index (κ3) is 3.91. The summed E-state index contributed by atoms with van der Waals surface area (Å²) in [7, 11) is 0. The summed E-state index contributed by atoms with van der Waals surface area (Å²) >= 11 is 1.75. The van der Waals surface area contributed by atoms with Gasteiger partial charge in [0.2, 0.25) is 0 Å². The lowest BCUT2D eigenvalue weighted by molar-refractivity contribution is 0.0953. The Hall–Kier alpha value is -1.23. The summed E-state index contributed by atoms with van der Waals surface area (Å²) in [5.41, 5.74) is 6.59. The number of carbonyl (C=O) groups is 1. The normalized spacial score (nSPS) is 12.2. The van der Waals surface area contributed by atoms with Gasteiger partial charge < -0.3 is 11.1 Å². The lowest BCUT2D eigenvalue weighted by Gasteiger charge is -2.10. The molecular weight excluding hydrogens is 251 g/mol. The highest BCUT2D eigenvalue weighted by Crippen LogP contribution is 2.17. The number of nitrogens with one attached hydrogen (secondary N) is 1. The van der Waals surface area contributed by atoms with Gasteiger partial charge in [0.15, 0.2) is 0 Å². The summed E-state index contributed by atoms with van der Waals surface area (Å²) < 4.78 is 13.4. The van der Waals surface area contributed by atoms with Gasteiger partial charge in [-0.15, -0.1) is 0 Å². The van der Waals surface area contributed by atoms with Crippen molar-refractivity contribution in [1.29, 1.82) is 0 Å². The van der Waals surface area contributed by atoms with Crippen molar-refractivity contribution in [1.82, 2.24) is 5.32 Å². The Bertz CT molecular complexity index is 414. The number of carbonyl (C=O) groups excluding carboxylic acids is 1. The van der Waals surface area contributed by atoms with Crippen LogP contribution < -0.4 is 11.1 Å². The number of rotatable bonds is 5. The topological polar surface area (TPSA) is 55.1 Å². The van der Waals surface area contributed by atoms with E-state index in [1.54, 1.807) is 18.7 Å². The molecule has 0 saturated heterocycles. The van der Waals surface area contributed by atoms with Gasteiger partial charge in [-0.3, -0.25) is 4.79 Å². The zero-order valence-corrected chi connectivity index (χ0v) is 11.7. The zero-order chi connectivity index (χ0) is 13.7. The second kappa shape index (κ2) is 6.64. The van der Waals surface area contributed by atoms with E-state index in [1.807, 2.05) is 6.26 Å². The molecule has 0 fully saturated rings. The molecule has 0 aliphatic rings. The molecule has 0 bridgehead atoms. The van der Waals surface area contributed by atoms with Crippen molar-refractivity contribution in [3.63, 3.8) is 0 Å². The number of halogens is 1. The molecule has 18 heavy (non-hydrogen) atoms. The molecule has 3 nitrogen and oxygen atoms in total. The first-order valence-corrected chi connectivity index (χ1v) is 7.11. The Kier molecular flexibility index (Phi) is 5.47. The highest BCUT2D eigenvalue weighted by Gasteiger charge is 2.11. The molecule has 0 spiro atoms. The van der Waals surface area contributed by atoms with Crippen LogP contribution in [0.2, 0.25) is 0 Å². The quantitative estimate of drug-likeness (QED) is 0.809. The van der Waals surface area contributed by atoms with Gasteiger partial charge in [-0.05, 0) is 31.7 Å². The number of nitrogens with two attached hydrogens (primary N) is 1. The van der Waals surface area contributed by atoms with Crippen molar-refractivity contribution in [3.8, 4) is 0 Å². The van der Waals surface area contributed by atoms with Crippen molar-refractivity contribution in [3.05, 3.63) is 29.1 Å². The Morgan fingerprint density at radius 3 is 2.78 bits per heavy atom. The van der Waals surface area contributed by atoms with E-state index in [0.717, 1.165) is 6.42 Å². The van der Waals surface area contributed by atoms with Crippen LogP contribution >= 0.6 is 11.8 Å². The second-order valence-corrected chi connectivity index (χ2v) is 5.54. The van der Waals surface area contributed by atoms with Crippen LogP contribution in [-0.2, 0) is 0 Å². The Morgan fingerprint density at radius 2 is 2.22 bits per heavy atom. The summed E-state index contributed by atoms with van der Waals surface area (Å²) in [6, 6.07) is 2.73. The molecule has 1 aromatic carbocycles. The molecule has 0 aliphatic heterocycles. The molecule has 1 rings (SSSR count). The molecular formula is C13H19FN2OS.